The van der Waals surface area contributed by atoms with Crippen molar-refractivity contribution in [1.82, 2.24) is 0 Å². The number of aromatic hydroxyl groups is 1. The van der Waals surface area contributed by atoms with Gasteiger partial charge in [-0.2, -0.15) is 0 Å². The summed E-state index contributed by atoms with van der Waals surface area (Å²) in [6.45, 7) is 1.49. The van der Waals surface area contributed by atoms with Crippen molar-refractivity contribution >= 4 is 12.4 Å². The molecule has 0 radical (unpaired) electrons. The van der Waals surface area contributed by atoms with Crippen LogP contribution in [0.25, 0.3) is 0 Å². The molecule has 1 heterocycles. The van der Waals surface area contributed by atoms with E-state index in [0.717, 1.165) is 26.1 Å². The molecule has 1 aliphatic rings. The molecule has 18 heavy (non-hydrogen) atoms. The molecule has 0 saturated carbocycles. The summed E-state index contributed by atoms with van der Waals surface area (Å²) in [6.07, 6.45) is 1.86. The highest BCUT2D eigenvalue weighted by Gasteiger charge is 2.26. The van der Waals surface area contributed by atoms with E-state index in [1.807, 2.05) is 6.07 Å². The van der Waals surface area contributed by atoms with Crippen molar-refractivity contribution in [2.45, 2.75) is 18.9 Å². The molecule has 1 saturated heterocycles. The first-order chi connectivity index (χ1) is 8.24. The third kappa shape index (κ3) is 3.07. The Morgan fingerprint density at radius 3 is 2.67 bits per heavy atom. The Morgan fingerprint density at radius 1 is 1.39 bits per heavy atom. The van der Waals surface area contributed by atoms with Crippen molar-refractivity contribution in [3.63, 3.8) is 0 Å². The van der Waals surface area contributed by atoms with Gasteiger partial charge in [0.05, 0.1) is 12.7 Å². The second kappa shape index (κ2) is 6.83. The maximum atomic E-state index is 9.93. The lowest BCUT2D eigenvalue weighted by atomic mass is 9.87. The fourth-order valence-electron chi connectivity index (χ4n) is 2.36. The van der Waals surface area contributed by atoms with Crippen LogP contribution in [0.5, 0.6) is 11.5 Å². The number of hydrogen-bond acceptors (Lipinski definition) is 4. The van der Waals surface area contributed by atoms with Gasteiger partial charge in [0.15, 0.2) is 0 Å². The molecule has 0 unspecified atom stereocenters. The van der Waals surface area contributed by atoms with Gasteiger partial charge in [0.2, 0.25) is 0 Å². The van der Waals surface area contributed by atoms with Gasteiger partial charge in [-0.25, -0.2) is 0 Å². The van der Waals surface area contributed by atoms with Gasteiger partial charge < -0.3 is 20.3 Å². The highest BCUT2D eigenvalue weighted by atomic mass is 35.5. The monoisotopic (exact) mass is 273 g/mol. The van der Waals surface area contributed by atoms with Crippen molar-refractivity contribution in [3.05, 3.63) is 23.8 Å². The molecule has 0 aromatic heterocycles. The van der Waals surface area contributed by atoms with Gasteiger partial charge in [-0.15, -0.1) is 12.4 Å². The quantitative estimate of drug-likeness (QED) is 0.887. The number of nitrogens with two attached hydrogens (primary N) is 1. The SMILES string of the molecule is COc1cccc(O)c1[C@H](N)C1CCOCC1.Cl. The molecule has 5 heteroatoms. The summed E-state index contributed by atoms with van der Waals surface area (Å²) in [7, 11) is 1.59. The number of phenolic OH excluding ortho intramolecular Hbond substituents is 1. The van der Waals surface area contributed by atoms with Crippen LogP contribution in [0.1, 0.15) is 24.4 Å². The summed E-state index contributed by atoms with van der Waals surface area (Å²) in [4.78, 5) is 0. The predicted octanol–water partition coefficient (Wildman–Crippen LogP) is 2.25. The van der Waals surface area contributed by atoms with Crippen molar-refractivity contribution in [3.8, 4) is 11.5 Å². The first-order valence-corrected chi connectivity index (χ1v) is 5.93. The molecule has 1 fully saturated rings. The highest BCUT2D eigenvalue weighted by Crippen LogP contribution is 2.38. The van der Waals surface area contributed by atoms with Crippen molar-refractivity contribution < 1.29 is 14.6 Å². The second-order valence-corrected chi connectivity index (χ2v) is 4.37. The van der Waals surface area contributed by atoms with E-state index in [1.54, 1.807) is 19.2 Å². The van der Waals surface area contributed by atoms with Gasteiger partial charge in [-0.1, -0.05) is 6.07 Å². The number of rotatable bonds is 3. The summed E-state index contributed by atoms with van der Waals surface area (Å²) < 4.78 is 10.6. The van der Waals surface area contributed by atoms with Crippen molar-refractivity contribution in [2.75, 3.05) is 20.3 Å². The van der Waals surface area contributed by atoms with E-state index in [2.05, 4.69) is 0 Å². The average Bonchev–Trinajstić information content (AvgIpc) is 2.38. The summed E-state index contributed by atoms with van der Waals surface area (Å²) in [5.41, 5.74) is 6.96. The van der Waals surface area contributed by atoms with E-state index in [4.69, 9.17) is 15.2 Å². The third-order valence-electron chi connectivity index (χ3n) is 3.37. The second-order valence-electron chi connectivity index (χ2n) is 4.37. The Labute approximate surface area is 113 Å². The number of phenols is 1. The zero-order valence-corrected chi connectivity index (χ0v) is 11.3. The summed E-state index contributed by atoms with van der Waals surface area (Å²) in [5.74, 6) is 1.21. The van der Waals surface area contributed by atoms with Gasteiger partial charge in [0, 0.05) is 19.3 Å². The van der Waals surface area contributed by atoms with Gasteiger partial charge in [-0.05, 0) is 30.9 Å². The molecule has 2 rings (SSSR count). The first-order valence-electron chi connectivity index (χ1n) is 5.93. The summed E-state index contributed by atoms with van der Waals surface area (Å²) >= 11 is 0. The minimum absolute atomic E-state index is 0. The number of halogens is 1. The number of benzene rings is 1. The standard InChI is InChI=1S/C13H19NO3.ClH/c1-16-11-4-2-3-10(15)12(11)13(14)9-5-7-17-8-6-9;/h2-4,9,13,15H,5-8,14H2,1H3;1H/t13-;/m1./s1. The van der Waals surface area contributed by atoms with Crippen LogP contribution in [0.3, 0.4) is 0 Å². The molecule has 1 atom stereocenters. The van der Waals surface area contributed by atoms with Crippen LogP contribution in [-0.2, 0) is 4.74 Å². The molecule has 1 aliphatic heterocycles. The maximum Gasteiger partial charge on any atom is 0.127 e. The molecule has 1 aromatic carbocycles. The smallest absolute Gasteiger partial charge is 0.127 e. The van der Waals surface area contributed by atoms with Crippen LogP contribution in [0.4, 0.5) is 0 Å². The van der Waals surface area contributed by atoms with Gasteiger partial charge >= 0.3 is 0 Å². The fraction of sp³-hybridized carbons (Fsp3) is 0.538. The Hall–Kier alpha value is -0.970. The number of hydrogen-bond donors (Lipinski definition) is 2. The van der Waals surface area contributed by atoms with Crippen LogP contribution < -0.4 is 10.5 Å². The van der Waals surface area contributed by atoms with E-state index in [9.17, 15) is 5.11 Å². The minimum Gasteiger partial charge on any atom is -0.507 e. The van der Waals surface area contributed by atoms with E-state index in [-0.39, 0.29) is 24.2 Å². The molecule has 3 N–H and O–H groups in total. The molecule has 1 aromatic rings. The molecule has 0 amide bonds. The normalized spacial score (nSPS) is 17.9. The van der Waals surface area contributed by atoms with Crippen LogP contribution in [-0.4, -0.2) is 25.4 Å². The molecule has 0 spiro atoms. The fourth-order valence-corrected chi connectivity index (χ4v) is 2.36. The van der Waals surface area contributed by atoms with E-state index < -0.39 is 0 Å². The Kier molecular flexibility index (Phi) is 5.72. The minimum atomic E-state index is -0.199. The zero-order chi connectivity index (χ0) is 12.3. The van der Waals surface area contributed by atoms with E-state index in [1.165, 1.54) is 0 Å². The van der Waals surface area contributed by atoms with Gasteiger partial charge in [-0.3, -0.25) is 0 Å². The molecule has 102 valence electrons. The predicted molar refractivity (Wildman–Crippen MR) is 72.4 cm³/mol. The molecule has 0 aliphatic carbocycles. The summed E-state index contributed by atoms with van der Waals surface area (Å²) in [6, 6.07) is 5.04. The van der Waals surface area contributed by atoms with Crippen molar-refractivity contribution in [1.29, 1.82) is 0 Å². The maximum absolute atomic E-state index is 9.93. The van der Waals surface area contributed by atoms with E-state index >= 15 is 0 Å². The number of methoxy groups -OCH3 is 1. The van der Waals surface area contributed by atoms with Crippen LogP contribution >= 0.6 is 12.4 Å². The molecule has 0 bridgehead atoms. The largest absolute Gasteiger partial charge is 0.507 e. The lowest BCUT2D eigenvalue weighted by Gasteiger charge is -2.29. The zero-order valence-electron chi connectivity index (χ0n) is 10.5. The van der Waals surface area contributed by atoms with Gasteiger partial charge in [0.1, 0.15) is 11.5 Å². The van der Waals surface area contributed by atoms with Crippen LogP contribution in [0.2, 0.25) is 0 Å². The van der Waals surface area contributed by atoms with Gasteiger partial charge in [0.25, 0.3) is 0 Å². The molecular weight excluding hydrogens is 254 g/mol. The third-order valence-corrected chi connectivity index (χ3v) is 3.37. The summed E-state index contributed by atoms with van der Waals surface area (Å²) in [5, 5.41) is 9.93. The Morgan fingerprint density at radius 2 is 2.06 bits per heavy atom. The van der Waals surface area contributed by atoms with E-state index in [0.29, 0.717) is 17.2 Å². The Balaban J connectivity index is 0.00000162. The van der Waals surface area contributed by atoms with Crippen LogP contribution in [0.15, 0.2) is 18.2 Å². The lowest BCUT2D eigenvalue weighted by molar-refractivity contribution is 0.0578. The molecule has 4 nitrogen and oxygen atoms in total. The van der Waals surface area contributed by atoms with Crippen LogP contribution in [0, 0.1) is 5.92 Å². The molecular formula is C13H20ClNO3. The van der Waals surface area contributed by atoms with Crippen molar-refractivity contribution in [2.24, 2.45) is 11.7 Å². The topological polar surface area (TPSA) is 64.7 Å². The number of ether oxygens (including phenoxy) is 2. The highest BCUT2D eigenvalue weighted by molar-refractivity contribution is 5.85. The first kappa shape index (κ1) is 15.1. The lowest BCUT2D eigenvalue weighted by Crippen LogP contribution is -2.27. The average molecular weight is 274 g/mol. The Bertz CT molecular complexity index is 380.